The van der Waals surface area contributed by atoms with Crippen molar-refractivity contribution in [1.29, 1.82) is 0 Å². The summed E-state index contributed by atoms with van der Waals surface area (Å²) in [5, 5.41) is 5.14. The number of methoxy groups -OCH3 is 1. The zero-order valence-corrected chi connectivity index (χ0v) is 13.9. The minimum atomic E-state index is -0.695. The second kappa shape index (κ2) is 7.86. The molecule has 0 radical (unpaired) electrons. The van der Waals surface area contributed by atoms with Crippen molar-refractivity contribution in [2.24, 2.45) is 16.9 Å². The summed E-state index contributed by atoms with van der Waals surface area (Å²) in [6, 6.07) is 3.45. The molecule has 0 aliphatic rings. The van der Waals surface area contributed by atoms with Crippen LogP contribution < -0.4 is 26.8 Å². The first-order valence-corrected chi connectivity index (χ1v) is 6.46. The van der Waals surface area contributed by atoms with Crippen LogP contribution in [0.1, 0.15) is 20.8 Å². The molecule has 22 heavy (non-hydrogen) atoms. The highest BCUT2D eigenvalue weighted by Crippen LogP contribution is 2.28. The fourth-order valence-electron chi connectivity index (χ4n) is 1.62. The third-order valence-corrected chi connectivity index (χ3v) is 2.94. The Morgan fingerprint density at radius 1 is 1.23 bits per heavy atom. The Morgan fingerprint density at radius 2 is 1.82 bits per heavy atom. The first kappa shape index (κ1) is 20.0. The Bertz CT molecular complexity index is 543. The van der Waals surface area contributed by atoms with Crippen LogP contribution in [0.5, 0.6) is 5.75 Å². The van der Waals surface area contributed by atoms with Gasteiger partial charge in [-0.25, -0.2) is 4.79 Å². The maximum Gasteiger partial charge on any atom is 0.316 e. The lowest BCUT2D eigenvalue weighted by Gasteiger charge is -2.26. The average Bonchev–Trinajstić information content (AvgIpc) is 2.37. The molecule has 1 rings (SSSR count). The number of ether oxygens (including phenoxy) is 1. The Labute approximate surface area is 136 Å². The number of urea groups is 1. The highest BCUT2D eigenvalue weighted by atomic mass is 35.5. The Hall–Kier alpha value is -1.99. The molecule has 0 aromatic heterocycles. The third-order valence-electron chi connectivity index (χ3n) is 2.94. The van der Waals surface area contributed by atoms with Crippen molar-refractivity contribution >= 4 is 35.7 Å². The zero-order valence-electron chi connectivity index (χ0n) is 13.1. The Kier molecular flexibility index (Phi) is 7.15. The topological polar surface area (TPSA) is 119 Å². The first-order chi connectivity index (χ1) is 9.65. The van der Waals surface area contributed by atoms with Crippen molar-refractivity contribution in [3.8, 4) is 5.75 Å². The molecule has 6 N–H and O–H groups in total. The van der Waals surface area contributed by atoms with Crippen LogP contribution in [0, 0.1) is 5.41 Å². The molecule has 0 heterocycles. The Morgan fingerprint density at radius 3 is 2.27 bits per heavy atom. The van der Waals surface area contributed by atoms with Gasteiger partial charge in [0.1, 0.15) is 5.75 Å². The highest BCUT2D eigenvalue weighted by molar-refractivity contribution is 5.96. The van der Waals surface area contributed by atoms with Crippen LogP contribution in [-0.4, -0.2) is 25.1 Å². The zero-order chi connectivity index (χ0) is 16.2. The molecule has 0 aliphatic carbocycles. The average molecular weight is 331 g/mol. The van der Waals surface area contributed by atoms with E-state index in [0.29, 0.717) is 17.1 Å². The van der Waals surface area contributed by atoms with Crippen molar-refractivity contribution in [1.82, 2.24) is 0 Å². The number of rotatable bonds is 4. The first-order valence-electron chi connectivity index (χ1n) is 6.46. The predicted octanol–water partition coefficient (Wildman–Crippen LogP) is 1.92. The number of anilines is 2. The van der Waals surface area contributed by atoms with Gasteiger partial charge in [0.05, 0.1) is 18.8 Å². The van der Waals surface area contributed by atoms with E-state index in [1.807, 2.05) is 20.8 Å². The summed E-state index contributed by atoms with van der Waals surface area (Å²) < 4.78 is 5.14. The summed E-state index contributed by atoms with van der Waals surface area (Å²) in [7, 11) is 1.45. The monoisotopic (exact) mass is 330 g/mol. The standard InChI is InChI=1S/C14H22N4O3.ClH/c1-14(2,3)11(15)12(19)17-8-5-6-9(18-13(16)20)10(7-8)21-4;/h5-7,11H,15H2,1-4H3,(H,17,19)(H3,16,18,20);1H/t11-;/m1./s1. The minimum Gasteiger partial charge on any atom is -0.494 e. The van der Waals surface area contributed by atoms with Gasteiger partial charge < -0.3 is 26.8 Å². The van der Waals surface area contributed by atoms with Crippen LogP contribution in [-0.2, 0) is 4.79 Å². The molecule has 0 saturated carbocycles. The molecule has 8 heteroatoms. The molecule has 0 fully saturated rings. The van der Waals surface area contributed by atoms with E-state index >= 15 is 0 Å². The Balaban J connectivity index is 0.00000441. The van der Waals surface area contributed by atoms with Crippen molar-refractivity contribution in [3.05, 3.63) is 18.2 Å². The summed E-state index contributed by atoms with van der Waals surface area (Å²) in [4.78, 5) is 22.9. The third kappa shape index (κ3) is 5.42. The second-order valence-electron chi connectivity index (χ2n) is 5.74. The van der Waals surface area contributed by atoms with Gasteiger partial charge in [-0.1, -0.05) is 20.8 Å². The van der Waals surface area contributed by atoms with Gasteiger partial charge in [-0.2, -0.15) is 0 Å². The molecule has 3 amide bonds. The van der Waals surface area contributed by atoms with Gasteiger partial charge in [0, 0.05) is 11.8 Å². The number of nitrogens with two attached hydrogens (primary N) is 2. The lowest BCUT2D eigenvalue weighted by atomic mass is 9.87. The van der Waals surface area contributed by atoms with E-state index in [1.54, 1.807) is 18.2 Å². The molecular formula is C14H23ClN4O3. The SMILES string of the molecule is COc1cc(NC(=O)[C@@H](N)C(C)(C)C)ccc1NC(N)=O.Cl. The van der Waals surface area contributed by atoms with Crippen LogP contribution in [0.15, 0.2) is 18.2 Å². The summed E-state index contributed by atoms with van der Waals surface area (Å²) in [5.74, 6) is 0.0936. The number of hydrogen-bond acceptors (Lipinski definition) is 4. The molecule has 0 saturated heterocycles. The molecule has 7 nitrogen and oxygen atoms in total. The summed E-state index contributed by atoms with van der Waals surface area (Å²) >= 11 is 0. The van der Waals surface area contributed by atoms with Gasteiger partial charge >= 0.3 is 6.03 Å². The van der Waals surface area contributed by atoms with E-state index in [4.69, 9.17) is 16.2 Å². The number of amides is 3. The minimum absolute atomic E-state index is 0. The lowest BCUT2D eigenvalue weighted by molar-refractivity contribution is -0.119. The quantitative estimate of drug-likeness (QED) is 0.674. The van der Waals surface area contributed by atoms with Gasteiger partial charge in [0.2, 0.25) is 5.91 Å². The molecular weight excluding hydrogens is 308 g/mol. The lowest BCUT2D eigenvalue weighted by Crippen LogP contribution is -2.45. The van der Waals surface area contributed by atoms with E-state index in [9.17, 15) is 9.59 Å². The van der Waals surface area contributed by atoms with E-state index < -0.39 is 12.1 Å². The van der Waals surface area contributed by atoms with Crippen LogP contribution in [0.2, 0.25) is 0 Å². The number of primary amides is 1. The van der Waals surface area contributed by atoms with Crippen LogP contribution >= 0.6 is 12.4 Å². The van der Waals surface area contributed by atoms with Crippen molar-refractivity contribution < 1.29 is 14.3 Å². The number of benzene rings is 1. The van der Waals surface area contributed by atoms with E-state index in [0.717, 1.165) is 0 Å². The predicted molar refractivity (Wildman–Crippen MR) is 89.5 cm³/mol. The second-order valence-corrected chi connectivity index (χ2v) is 5.74. The van der Waals surface area contributed by atoms with Crippen LogP contribution in [0.25, 0.3) is 0 Å². The number of halogens is 1. The van der Waals surface area contributed by atoms with Crippen molar-refractivity contribution in [2.75, 3.05) is 17.7 Å². The summed E-state index contributed by atoms with van der Waals surface area (Å²) in [6.07, 6.45) is 0. The fraction of sp³-hybridized carbons (Fsp3) is 0.429. The maximum absolute atomic E-state index is 12.1. The van der Waals surface area contributed by atoms with Gasteiger partial charge in [0.25, 0.3) is 0 Å². The van der Waals surface area contributed by atoms with Gasteiger partial charge in [0.15, 0.2) is 0 Å². The molecule has 1 atom stereocenters. The van der Waals surface area contributed by atoms with Gasteiger partial charge in [-0.3, -0.25) is 4.79 Å². The normalized spacial score (nSPS) is 11.9. The van der Waals surface area contributed by atoms with Crippen molar-refractivity contribution in [3.63, 3.8) is 0 Å². The molecule has 0 unspecified atom stereocenters. The molecule has 1 aromatic carbocycles. The molecule has 1 aromatic rings. The van der Waals surface area contributed by atoms with E-state index in [-0.39, 0.29) is 23.7 Å². The molecule has 124 valence electrons. The van der Waals surface area contributed by atoms with Gasteiger partial charge in [-0.05, 0) is 17.5 Å². The maximum atomic E-state index is 12.1. The number of carbonyl (C=O) groups is 2. The molecule has 0 spiro atoms. The largest absolute Gasteiger partial charge is 0.494 e. The summed E-state index contributed by atoms with van der Waals surface area (Å²) in [6.45, 7) is 5.66. The molecule has 0 bridgehead atoms. The van der Waals surface area contributed by atoms with Crippen LogP contribution in [0.3, 0.4) is 0 Å². The molecule has 0 aliphatic heterocycles. The highest BCUT2D eigenvalue weighted by Gasteiger charge is 2.27. The number of hydrogen-bond donors (Lipinski definition) is 4. The van der Waals surface area contributed by atoms with Gasteiger partial charge in [-0.15, -0.1) is 12.4 Å². The smallest absolute Gasteiger partial charge is 0.316 e. The van der Waals surface area contributed by atoms with Crippen LogP contribution in [0.4, 0.5) is 16.2 Å². The fourth-order valence-corrected chi connectivity index (χ4v) is 1.62. The van der Waals surface area contributed by atoms with E-state index in [1.165, 1.54) is 7.11 Å². The number of carbonyl (C=O) groups excluding carboxylic acids is 2. The van der Waals surface area contributed by atoms with Crippen molar-refractivity contribution in [2.45, 2.75) is 26.8 Å². The summed E-state index contributed by atoms with van der Waals surface area (Å²) in [5.41, 5.74) is 11.5. The van der Waals surface area contributed by atoms with E-state index in [2.05, 4.69) is 10.6 Å². The number of nitrogens with one attached hydrogen (secondary N) is 2.